The topological polar surface area (TPSA) is 46.5 Å². The van der Waals surface area contributed by atoms with Gasteiger partial charge >= 0.3 is 5.97 Å². The Morgan fingerprint density at radius 2 is 2.29 bits per heavy atom. The average molecular weight is 232 g/mol. The molecule has 0 spiro atoms. The van der Waals surface area contributed by atoms with Crippen LogP contribution in [0.3, 0.4) is 0 Å². The molecule has 0 aromatic heterocycles. The number of carboxylic acid groups (broad SMARTS) is 1. The lowest BCUT2D eigenvalue weighted by molar-refractivity contribution is -0.131. The smallest absolute Gasteiger partial charge is 0.328 e. The summed E-state index contributed by atoms with van der Waals surface area (Å²) >= 11 is 0. The highest BCUT2D eigenvalue weighted by Crippen LogP contribution is 2.30. The number of hydrogen-bond donors (Lipinski definition) is 1. The lowest BCUT2D eigenvalue weighted by Gasteiger charge is -2.07. The van der Waals surface area contributed by atoms with E-state index in [9.17, 15) is 4.79 Å². The van der Waals surface area contributed by atoms with Crippen molar-refractivity contribution in [3.8, 4) is 5.75 Å². The lowest BCUT2D eigenvalue weighted by atomic mass is 10.1. The predicted molar refractivity (Wildman–Crippen MR) is 66.1 cm³/mol. The molecular formula is C14H16O3. The van der Waals surface area contributed by atoms with Gasteiger partial charge in [-0.2, -0.15) is 0 Å². The summed E-state index contributed by atoms with van der Waals surface area (Å²) in [6.45, 7) is 2.75. The van der Waals surface area contributed by atoms with E-state index in [-0.39, 0.29) is 0 Å². The summed E-state index contributed by atoms with van der Waals surface area (Å²) in [5, 5.41) is 8.56. The van der Waals surface area contributed by atoms with E-state index in [0.29, 0.717) is 0 Å². The first kappa shape index (κ1) is 11.7. The largest absolute Gasteiger partial charge is 0.493 e. The van der Waals surface area contributed by atoms with Crippen LogP contribution in [-0.4, -0.2) is 17.7 Å². The Labute approximate surface area is 101 Å². The highest BCUT2D eigenvalue weighted by molar-refractivity contribution is 5.85. The van der Waals surface area contributed by atoms with E-state index in [2.05, 4.69) is 0 Å². The average Bonchev–Trinajstić information content (AvgIpc) is 3.08. The zero-order valence-corrected chi connectivity index (χ0v) is 9.85. The molecule has 1 aliphatic carbocycles. The number of rotatable bonds is 5. The van der Waals surface area contributed by atoms with Crippen molar-refractivity contribution < 1.29 is 14.6 Å². The second kappa shape index (κ2) is 5.04. The van der Waals surface area contributed by atoms with E-state index >= 15 is 0 Å². The maximum absolute atomic E-state index is 10.4. The van der Waals surface area contributed by atoms with E-state index < -0.39 is 5.97 Å². The summed E-state index contributed by atoms with van der Waals surface area (Å²) in [6, 6.07) is 5.72. The van der Waals surface area contributed by atoms with Gasteiger partial charge in [0, 0.05) is 6.08 Å². The quantitative estimate of drug-likeness (QED) is 0.794. The number of aliphatic carboxylic acids is 1. The molecule has 0 heterocycles. The normalized spacial score (nSPS) is 15.1. The minimum absolute atomic E-state index is 0.738. The Hall–Kier alpha value is -1.77. The van der Waals surface area contributed by atoms with Crippen LogP contribution >= 0.6 is 0 Å². The van der Waals surface area contributed by atoms with Gasteiger partial charge in [0.25, 0.3) is 0 Å². The van der Waals surface area contributed by atoms with Gasteiger partial charge in [-0.05, 0) is 55.0 Å². The molecule has 3 heteroatoms. The van der Waals surface area contributed by atoms with Crippen molar-refractivity contribution in [2.45, 2.75) is 19.8 Å². The Balaban J connectivity index is 2.02. The zero-order valence-electron chi connectivity index (χ0n) is 9.85. The number of benzene rings is 1. The summed E-state index contributed by atoms with van der Waals surface area (Å²) < 4.78 is 5.65. The van der Waals surface area contributed by atoms with Gasteiger partial charge in [-0.3, -0.25) is 0 Å². The molecule has 0 aliphatic heterocycles. The van der Waals surface area contributed by atoms with Crippen LogP contribution in [0.25, 0.3) is 6.08 Å². The molecule has 1 aliphatic rings. The molecule has 2 rings (SSSR count). The number of ether oxygens (including phenoxy) is 1. The van der Waals surface area contributed by atoms with Crippen molar-refractivity contribution in [1.29, 1.82) is 0 Å². The first-order valence-electron chi connectivity index (χ1n) is 5.79. The van der Waals surface area contributed by atoms with Crippen molar-refractivity contribution in [2.75, 3.05) is 6.61 Å². The SMILES string of the molecule is Cc1cc(OCC2CC2)ccc1/C=C/C(=O)O. The molecule has 1 fully saturated rings. The van der Waals surface area contributed by atoms with E-state index in [1.807, 2.05) is 25.1 Å². The molecule has 0 atom stereocenters. The van der Waals surface area contributed by atoms with Gasteiger partial charge < -0.3 is 9.84 Å². The van der Waals surface area contributed by atoms with Crippen molar-refractivity contribution in [3.63, 3.8) is 0 Å². The maximum atomic E-state index is 10.4. The van der Waals surface area contributed by atoms with Crippen molar-refractivity contribution in [1.82, 2.24) is 0 Å². The maximum Gasteiger partial charge on any atom is 0.328 e. The summed E-state index contributed by atoms with van der Waals surface area (Å²) in [5.74, 6) is 0.669. The fourth-order valence-corrected chi connectivity index (χ4v) is 1.58. The molecule has 0 amide bonds. The van der Waals surface area contributed by atoms with E-state index in [1.165, 1.54) is 12.8 Å². The lowest BCUT2D eigenvalue weighted by Crippen LogP contribution is -1.99. The number of hydrogen-bond acceptors (Lipinski definition) is 2. The van der Waals surface area contributed by atoms with Crippen molar-refractivity contribution in [2.24, 2.45) is 5.92 Å². The summed E-state index contributed by atoms with van der Waals surface area (Å²) in [6.07, 6.45) is 5.30. The predicted octanol–water partition coefficient (Wildman–Crippen LogP) is 2.88. The highest BCUT2D eigenvalue weighted by Gasteiger charge is 2.21. The fraction of sp³-hybridized carbons (Fsp3) is 0.357. The Morgan fingerprint density at radius 3 is 2.88 bits per heavy atom. The molecule has 0 radical (unpaired) electrons. The van der Waals surface area contributed by atoms with Crippen LogP contribution in [0.5, 0.6) is 5.75 Å². The summed E-state index contributed by atoms with van der Waals surface area (Å²) in [4.78, 5) is 10.4. The zero-order chi connectivity index (χ0) is 12.3. The van der Waals surface area contributed by atoms with Gasteiger partial charge in [0.05, 0.1) is 6.61 Å². The van der Waals surface area contributed by atoms with Crippen LogP contribution in [0.15, 0.2) is 24.3 Å². The van der Waals surface area contributed by atoms with Crippen LogP contribution in [0.1, 0.15) is 24.0 Å². The molecule has 90 valence electrons. The molecule has 1 saturated carbocycles. The van der Waals surface area contributed by atoms with Crippen molar-refractivity contribution in [3.05, 3.63) is 35.4 Å². The van der Waals surface area contributed by atoms with Gasteiger partial charge in [0.1, 0.15) is 5.75 Å². The van der Waals surface area contributed by atoms with Crippen molar-refractivity contribution >= 4 is 12.0 Å². The first-order chi connectivity index (χ1) is 8.15. The standard InChI is InChI=1S/C14H16O3/c1-10-8-13(17-9-11-2-3-11)6-4-12(10)5-7-14(15)16/h4-8,11H,2-3,9H2,1H3,(H,15,16)/b7-5+. The molecule has 17 heavy (non-hydrogen) atoms. The highest BCUT2D eigenvalue weighted by atomic mass is 16.5. The monoisotopic (exact) mass is 232 g/mol. The van der Waals surface area contributed by atoms with Crippen LogP contribution in [0.2, 0.25) is 0 Å². The second-order valence-corrected chi connectivity index (χ2v) is 4.44. The Kier molecular flexibility index (Phi) is 3.47. The van der Waals surface area contributed by atoms with Crippen LogP contribution in [0.4, 0.5) is 0 Å². The van der Waals surface area contributed by atoms with Crippen LogP contribution in [-0.2, 0) is 4.79 Å². The Bertz CT molecular complexity index is 445. The van der Waals surface area contributed by atoms with Gasteiger partial charge in [0.15, 0.2) is 0 Å². The molecule has 0 bridgehead atoms. The van der Waals surface area contributed by atoms with E-state index in [1.54, 1.807) is 6.08 Å². The molecule has 1 aromatic rings. The van der Waals surface area contributed by atoms with E-state index in [0.717, 1.165) is 35.5 Å². The molecule has 0 unspecified atom stereocenters. The van der Waals surface area contributed by atoms with Gasteiger partial charge in [-0.25, -0.2) is 4.79 Å². The molecule has 1 aromatic carbocycles. The molecule has 3 nitrogen and oxygen atoms in total. The second-order valence-electron chi connectivity index (χ2n) is 4.44. The number of carbonyl (C=O) groups is 1. The molecular weight excluding hydrogens is 216 g/mol. The van der Waals surface area contributed by atoms with Crippen LogP contribution < -0.4 is 4.74 Å². The third kappa shape index (κ3) is 3.63. The fourth-order valence-electron chi connectivity index (χ4n) is 1.58. The number of aryl methyl sites for hydroxylation is 1. The minimum Gasteiger partial charge on any atom is -0.493 e. The van der Waals surface area contributed by atoms with Gasteiger partial charge in [-0.1, -0.05) is 6.07 Å². The Morgan fingerprint density at radius 1 is 1.53 bits per heavy atom. The van der Waals surface area contributed by atoms with E-state index in [4.69, 9.17) is 9.84 Å². The first-order valence-corrected chi connectivity index (χ1v) is 5.79. The van der Waals surface area contributed by atoms with Gasteiger partial charge in [0.2, 0.25) is 0 Å². The third-order valence-corrected chi connectivity index (χ3v) is 2.83. The summed E-state index contributed by atoms with van der Waals surface area (Å²) in [5.41, 5.74) is 1.93. The summed E-state index contributed by atoms with van der Waals surface area (Å²) in [7, 11) is 0. The van der Waals surface area contributed by atoms with Crippen LogP contribution in [0, 0.1) is 12.8 Å². The molecule has 0 saturated heterocycles. The van der Waals surface area contributed by atoms with Gasteiger partial charge in [-0.15, -0.1) is 0 Å². The molecule has 1 N–H and O–H groups in total. The third-order valence-electron chi connectivity index (χ3n) is 2.83. The number of carboxylic acids is 1. The minimum atomic E-state index is -0.932.